The van der Waals surface area contributed by atoms with E-state index in [4.69, 9.17) is 0 Å². The number of hydrogen-bond acceptors (Lipinski definition) is 2. The van der Waals surface area contributed by atoms with Crippen molar-refractivity contribution in [3.8, 4) is 0 Å². The molecule has 0 heterocycles. The summed E-state index contributed by atoms with van der Waals surface area (Å²) in [6.07, 6.45) is 1.00. The predicted octanol–water partition coefficient (Wildman–Crippen LogP) is 0.926. The molecule has 4 heteroatoms. The van der Waals surface area contributed by atoms with E-state index in [2.05, 4.69) is 47.1 Å². The highest BCUT2D eigenvalue weighted by Gasteiger charge is 1.96. The highest BCUT2D eigenvalue weighted by Crippen LogP contribution is 1.82. The van der Waals surface area contributed by atoms with Gasteiger partial charge < -0.3 is 10.6 Å². The van der Waals surface area contributed by atoms with E-state index in [0.29, 0.717) is 10.5 Å². The Labute approximate surface area is 87.8 Å². The van der Waals surface area contributed by atoms with E-state index in [-0.39, 0.29) is 5.91 Å². The van der Waals surface area contributed by atoms with Crippen LogP contribution in [0.3, 0.4) is 0 Å². The second-order valence-corrected chi connectivity index (χ2v) is 3.71. The first-order valence-electron chi connectivity index (χ1n) is 4.23. The van der Waals surface area contributed by atoms with Crippen molar-refractivity contribution in [2.24, 2.45) is 0 Å². The van der Waals surface area contributed by atoms with Crippen molar-refractivity contribution in [1.29, 1.82) is 0 Å². The number of amides is 1. The molecule has 0 saturated carbocycles. The van der Waals surface area contributed by atoms with Gasteiger partial charge in [-0.25, -0.2) is 0 Å². The lowest BCUT2D eigenvalue weighted by molar-refractivity contribution is -0.118. The van der Waals surface area contributed by atoms with Gasteiger partial charge in [0.25, 0.3) is 0 Å². The van der Waals surface area contributed by atoms with Gasteiger partial charge in [0.1, 0.15) is 0 Å². The first-order valence-corrected chi connectivity index (χ1v) is 5.75. The number of rotatable bonds is 6. The molecule has 2 N–H and O–H groups in total. The molecule has 0 aliphatic heterocycles. The van der Waals surface area contributed by atoms with Crippen molar-refractivity contribution in [2.45, 2.75) is 26.3 Å². The van der Waals surface area contributed by atoms with Crippen molar-refractivity contribution >= 4 is 28.5 Å². The number of hydrogen-bond donors (Lipinski definition) is 2. The third-order valence-electron chi connectivity index (χ3n) is 1.35. The zero-order chi connectivity index (χ0) is 9.40. The van der Waals surface area contributed by atoms with Crippen molar-refractivity contribution in [1.82, 2.24) is 10.6 Å². The summed E-state index contributed by atoms with van der Waals surface area (Å²) in [6.45, 7) is 5.98. The lowest BCUT2D eigenvalue weighted by Gasteiger charge is -2.07. The molecule has 0 unspecified atom stereocenters. The molecule has 0 radical (unpaired) electrons. The summed E-state index contributed by atoms with van der Waals surface area (Å²) >= 11 is 2.06. The molecule has 12 heavy (non-hydrogen) atoms. The van der Waals surface area contributed by atoms with Gasteiger partial charge >= 0.3 is 0 Å². The fourth-order valence-corrected chi connectivity index (χ4v) is 1.02. The van der Waals surface area contributed by atoms with Crippen LogP contribution in [-0.2, 0) is 4.79 Å². The molecular weight excluding hydrogens is 267 g/mol. The first-order chi connectivity index (χ1) is 5.66. The second kappa shape index (κ2) is 7.79. The summed E-state index contributed by atoms with van der Waals surface area (Å²) in [5.41, 5.74) is 0. The van der Waals surface area contributed by atoms with E-state index >= 15 is 0 Å². The molecule has 0 aliphatic carbocycles. The zero-order valence-electron chi connectivity index (χ0n) is 7.69. The number of alkyl halides is 1. The topological polar surface area (TPSA) is 41.1 Å². The van der Waals surface area contributed by atoms with Gasteiger partial charge in [0.05, 0.1) is 4.43 Å². The molecule has 0 aromatic rings. The summed E-state index contributed by atoms with van der Waals surface area (Å²) in [5.74, 6) is 0.125. The van der Waals surface area contributed by atoms with Crippen LogP contribution in [0.2, 0.25) is 0 Å². The first kappa shape index (κ1) is 12.2. The highest BCUT2D eigenvalue weighted by atomic mass is 127. The molecule has 0 fully saturated rings. The minimum Gasteiger partial charge on any atom is -0.355 e. The van der Waals surface area contributed by atoms with Gasteiger partial charge in [0, 0.05) is 12.6 Å². The maximum Gasteiger partial charge on any atom is 0.229 e. The predicted molar refractivity (Wildman–Crippen MR) is 59.7 cm³/mol. The number of nitrogens with one attached hydrogen (secondary N) is 2. The molecule has 72 valence electrons. The third kappa shape index (κ3) is 8.26. The van der Waals surface area contributed by atoms with Crippen LogP contribution in [-0.4, -0.2) is 29.5 Å². The SMILES string of the molecule is CC(C)NCCCNC(=O)CI. The van der Waals surface area contributed by atoms with E-state index < -0.39 is 0 Å². The molecule has 0 rings (SSSR count). The van der Waals surface area contributed by atoms with Crippen LogP contribution in [0.25, 0.3) is 0 Å². The van der Waals surface area contributed by atoms with Crippen LogP contribution in [0.1, 0.15) is 20.3 Å². The van der Waals surface area contributed by atoms with Crippen molar-refractivity contribution in [3.63, 3.8) is 0 Å². The van der Waals surface area contributed by atoms with Crippen LogP contribution in [0, 0.1) is 0 Å². The molecule has 0 saturated heterocycles. The maximum absolute atomic E-state index is 10.8. The van der Waals surface area contributed by atoms with Crippen LogP contribution in [0.4, 0.5) is 0 Å². The Morgan fingerprint density at radius 2 is 2.08 bits per heavy atom. The minimum absolute atomic E-state index is 0.125. The highest BCUT2D eigenvalue weighted by molar-refractivity contribution is 14.1. The van der Waals surface area contributed by atoms with Crippen LogP contribution in [0.5, 0.6) is 0 Å². The summed E-state index contributed by atoms with van der Waals surface area (Å²) in [6, 6.07) is 0.533. The van der Waals surface area contributed by atoms with E-state index in [1.807, 2.05) is 0 Å². The van der Waals surface area contributed by atoms with E-state index in [1.54, 1.807) is 0 Å². The minimum atomic E-state index is 0.125. The van der Waals surface area contributed by atoms with Gasteiger partial charge in [-0.3, -0.25) is 4.79 Å². The summed E-state index contributed by atoms with van der Waals surface area (Å²) in [5, 5.41) is 6.10. The maximum atomic E-state index is 10.8. The molecular formula is C8H17IN2O. The van der Waals surface area contributed by atoms with E-state index in [0.717, 1.165) is 19.5 Å². The molecule has 0 aliphatic rings. The van der Waals surface area contributed by atoms with Crippen molar-refractivity contribution < 1.29 is 4.79 Å². The second-order valence-electron chi connectivity index (χ2n) is 2.95. The third-order valence-corrected chi connectivity index (χ3v) is 2.04. The Morgan fingerprint density at radius 3 is 2.58 bits per heavy atom. The zero-order valence-corrected chi connectivity index (χ0v) is 9.85. The monoisotopic (exact) mass is 284 g/mol. The Balaban J connectivity index is 3.05. The number of halogens is 1. The summed E-state index contributed by atoms with van der Waals surface area (Å²) in [7, 11) is 0. The van der Waals surface area contributed by atoms with E-state index in [9.17, 15) is 4.79 Å². The van der Waals surface area contributed by atoms with Crippen LogP contribution < -0.4 is 10.6 Å². The fourth-order valence-electron chi connectivity index (χ4n) is 0.754. The van der Waals surface area contributed by atoms with Crippen molar-refractivity contribution in [3.05, 3.63) is 0 Å². The van der Waals surface area contributed by atoms with Crippen LogP contribution in [0.15, 0.2) is 0 Å². The number of carbonyl (C=O) groups excluding carboxylic acids is 1. The summed E-state index contributed by atoms with van der Waals surface area (Å²) in [4.78, 5) is 10.8. The smallest absolute Gasteiger partial charge is 0.229 e. The Kier molecular flexibility index (Phi) is 7.89. The molecule has 0 aromatic carbocycles. The lowest BCUT2D eigenvalue weighted by Crippen LogP contribution is -2.30. The molecule has 0 aromatic heterocycles. The Bertz CT molecular complexity index is 128. The summed E-state index contributed by atoms with van der Waals surface area (Å²) < 4.78 is 0.551. The standard InChI is InChI=1S/C8H17IN2O/c1-7(2)10-4-3-5-11-8(12)6-9/h7,10H,3-6H2,1-2H3,(H,11,12). The van der Waals surface area contributed by atoms with Gasteiger partial charge in [0.2, 0.25) is 5.91 Å². The average molecular weight is 284 g/mol. The molecule has 0 spiro atoms. The lowest BCUT2D eigenvalue weighted by atomic mass is 10.3. The van der Waals surface area contributed by atoms with Crippen molar-refractivity contribution in [2.75, 3.05) is 17.5 Å². The average Bonchev–Trinajstić information content (AvgIpc) is 2.03. The van der Waals surface area contributed by atoms with Gasteiger partial charge in [-0.05, 0) is 13.0 Å². The largest absolute Gasteiger partial charge is 0.355 e. The normalized spacial score (nSPS) is 10.3. The Hall–Kier alpha value is 0.160. The fraction of sp³-hybridized carbons (Fsp3) is 0.875. The van der Waals surface area contributed by atoms with Gasteiger partial charge in [-0.1, -0.05) is 36.4 Å². The quantitative estimate of drug-likeness (QED) is 0.433. The van der Waals surface area contributed by atoms with Gasteiger partial charge in [0.15, 0.2) is 0 Å². The van der Waals surface area contributed by atoms with E-state index in [1.165, 1.54) is 0 Å². The van der Waals surface area contributed by atoms with Gasteiger partial charge in [-0.15, -0.1) is 0 Å². The molecule has 1 amide bonds. The molecule has 0 bridgehead atoms. The van der Waals surface area contributed by atoms with Gasteiger partial charge in [-0.2, -0.15) is 0 Å². The van der Waals surface area contributed by atoms with Crippen LogP contribution >= 0.6 is 22.6 Å². The molecule has 3 nitrogen and oxygen atoms in total. The Morgan fingerprint density at radius 1 is 1.42 bits per heavy atom. The molecule has 0 atom stereocenters. The number of carbonyl (C=O) groups is 1.